The molecule has 0 saturated carbocycles. The van der Waals surface area contributed by atoms with E-state index < -0.39 is 0 Å². The molecule has 1 aromatic carbocycles. The van der Waals surface area contributed by atoms with Crippen LogP contribution in [-0.2, 0) is 0 Å². The number of nitrogens with zero attached hydrogens (tertiary/aromatic N) is 2. The maximum Gasteiger partial charge on any atom is 0.0726 e. The number of halogens is 1. The van der Waals surface area contributed by atoms with E-state index in [9.17, 15) is 0 Å². The van der Waals surface area contributed by atoms with Crippen LogP contribution in [0.3, 0.4) is 0 Å². The molecule has 0 unspecified atom stereocenters. The first-order valence-corrected chi connectivity index (χ1v) is 7.55. The monoisotopic (exact) mass is 306 g/mol. The van der Waals surface area contributed by atoms with Crippen LogP contribution in [0.15, 0.2) is 30.3 Å². The quantitative estimate of drug-likeness (QED) is 0.771. The van der Waals surface area contributed by atoms with E-state index in [0.717, 1.165) is 36.1 Å². The average molecular weight is 307 g/mol. The molecule has 0 atom stereocenters. The topological polar surface area (TPSA) is 16.1 Å². The molecule has 1 aromatic heterocycles. The molecule has 2 nitrogen and oxygen atoms in total. The first kappa shape index (κ1) is 13.3. The number of alkyl halides is 1. The van der Waals surface area contributed by atoms with Gasteiger partial charge in [0.25, 0.3) is 0 Å². The van der Waals surface area contributed by atoms with E-state index in [-0.39, 0.29) is 0 Å². The zero-order chi connectivity index (χ0) is 13.0. The number of aryl methyl sites for hydroxylation is 1. The number of hydrogen-bond acceptors (Lipinski definition) is 2. The fraction of sp³-hybridized carbons (Fsp3) is 0.400. The van der Waals surface area contributed by atoms with Crippen LogP contribution in [-0.4, -0.2) is 23.4 Å². The molecular weight excluding hydrogens is 288 g/mol. The van der Waals surface area contributed by atoms with Crippen molar-refractivity contribution in [1.82, 2.24) is 4.98 Å². The summed E-state index contributed by atoms with van der Waals surface area (Å²) in [7, 11) is 0. The average Bonchev–Trinajstić information content (AvgIpc) is 2.39. The Morgan fingerprint density at radius 1 is 1.28 bits per heavy atom. The SMILES string of the molecule is CCN(CCCBr)c1cc(C)nc2ccccc12. The van der Waals surface area contributed by atoms with Gasteiger partial charge in [0.05, 0.1) is 5.52 Å². The molecule has 0 N–H and O–H groups in total. The minimum Gasteiger partial charge on any atom is -0.371 e. The molecule has 0 radical (unpaired) electrons. The van der Waals surface area contributed by atoms with Crippen LogP contribution < -0.4 is 4.90 Å². The van der Waals surface area contributed by atoms with Crippen molar-refractivity contribution < 1.29 is 0 Å². The van der Waals surface area contributed by atoms with Crippen molar-refractivity contribution in [3.8, 4) is 0 Å². The first-order valence-electron chi connectivity index (χ1n) is 6.43. The second-order valence-corrected chi connectivity index (χ2v) is 5.22. The number of rotatable bonds is 5. The minimum atomic E-state index is 1.03. The number of para-hydroxylation sites is 1. The van der Waals surface area contributed by atoms with Crippen LogP contribution in [0.4, 0.5) is 5.69 Å². The summed E-state index contributed by atoms with van der Waals surface area (Å²) in [5, 5.41) is 2.30. The summed E-state index contributed by atoms with van der Waals surface area (Å²) in [6, 6.07) is 10.6. The largest absolute Gasteiger partial charge is 0.371 e. The van der Waals surface area contributed by atoms with Crippen molar-refractivity contribution in [2.75, 3.05) is 23.3 Å². The van der Waals surface area contributed by atoms with E-state index >= 15 is 0 Å². The van der Waals surface area contributed by atoms with E-state index in [1.54, 1.807) is 0 Å². The molecule has 0 fully saturated rings. The lowest BCUT2D eigenvalue weighted by molar-refractivity contribution is 0.801. The summed E-state index contributed by atoms with van der Waals surface area (Å²) >= 11 is 3.50. The van der Waals surface area contributed by atoms with Crippen LogP contribution >= 0.6 is 15.9 Å². The molecule has 0 spiro atoms. The summed E-state index contributed by atoms with van der Waals surface area (Å²) in [5.74, 6) is 0. The number of benzene rings is 1. The Bertz CT molecular complexity index is 525. The Balaban J connectivity index is 2.47. The van der Waals surface area contributed by atoms with Gasteiger partial charge in [-0.2, -0.15) is 0 Å². The third kappa shape index (κ3) is 2.83. The number of anilines is 1. The zero-order valence-corrected chi connectivity index (χ0v) is 12.6. The molecule has 2 aromatic rings. The molecule has 2 rings (SSSR count). The summed E-state index contributed by atoms with van der Waals surface area (Å²) < 4.78 is 0. The fourth-order valence-corrected chi connectivity index (χ4v) is 2.50. The third-order valence-electron chi connectivity index (χ3n) is 3.11. The second-order valence-electron chi connectivity index (χ2n) is 4.42. The van der Waals surface area contributed by atoms with Crippen LogP contribution in [0.5, 0.6) is 0 Å². The van der Waals surface area contributed by atoms with Crippen LogP contribution in [0.1, 0.15) is 19.0 Å². The Hall–Kier alpha value is -1.09. The van der Waals surface area contributed by atoms with Crippen molar-refractivity contribution in [3.63, 3.8) is 0 Å². The van der Waals surface area contributed by atoms with Gasteiger partial charge in [-0.1, -0.05) is 34.1 Å². The highest BCUT2D eigenvalue weighted by molar-refractivity contribution is 9.09. The molecule has 0 aliphatic heterocycles. The molecule has 18 heavy (non-hydrogen) atoms. The summed E-state index contributed by atoms with van der Waals surface area (Å²) in [6.45, 7) is 6.38. The molecule has 3 heteroatoms. The maximum atomic E-state index is 4.60. The van der Waals surface area contributed by atoms with Gasteiger partial charge in [-0.3, -0.25) is 4.98 Å². The van der Waals surface area contributed by atoms with Gasteiger partial charge in [-0.05, 0) is 32.4 Å². The Morgan fingerprint density at radius 3 is 2.78 bits per heavy atom. The highest BCUT2D eigenvalue weighted by atomic mass is 79.9. The molecule has 0 aliphatic rings. The van der Waals surface area contributed by atoms with Gasteiger partial charge in [-0.15, -0.1) is 0 Å². The van der Waals surface area contributed by atoms with Crippen molar-refractivity contribution in [3.05, 3.63) is 36.0 Å². The lowest BCUT2D eigenvalue weighted by atomic mass is 10.1. The van der Waals surface area contributed by atoms with E-state index in [1.165, 1.54) is 11.1 Å². The summed E-state index contributed by atoms with van der Waals surface area (Å²) in [4.78, 5) is 7.03. The van der Waals surface area contributed by atoms with E-state index in [2.05, 4.69) is 63.9 Å². The fourth-order valence-electron chi connectivity index (χ4n) is 2.25. The number of pyridine rings is 1. The number of fused-ring (bicyclic) bond motifs is 1. The van der Waals surface area contributed by atoms with E-state index in [4.69, 9.17) is 0 Å². The summed E-state index contributed by atoms with van der Waals surface area (Å²) in [6.07, 6.45) is 1.16. The standard InChI is InChI=1S/C15H19BrN2/c1-3-18(10-6-9-16)15-11-12(2)17-14-8-5-4-7-13(14)15/h4-5,7-8,11H,3,6,9-10H2,1-2H3. The minimum absolute atomic E-state index is 1.03. The zero-order valence-electron chi connectivity index (χ0n) is 11.0. The predicted octanol–water partition coefficient (Wildman–Crippen LogP) is 4.15. The van der Waals surface area contributed by atoms with Crippen LogP contribution in [0.2, 0.25) is 0 Å². The first-order chi connectivity index (χ1) is 8.76. The van der Waals surface area contributed by atoms with Crippen molar-refractivity contribution in [1.29, 1.82) is 0 Å². The number of hydrogen-bond donors (Lipinski definition) is 0. The van der Waals surface area contributed by atoms with E-state index in [0.29, 0.717) is 0 Å². The lowest BCUT2D eigenvalue weighted by Crippen LogP contribution is -2.24. The Labute approximate surface area is 117 Å². The van der Waals surface area contributed by atoms with Gasteiger partial charge in [0, 0.05) is 35.2 Å². The highest BCUT2D eigenvalue weighted by Gasteiger charge is 2.09. The number of aromatic nitrogens is 1. The molecule has 96 valence electrons. The Kier molecular flexibility index (Phi) is 4.59. The van der Waals surface area contributed by atoms with Crippen molar-refractivity contribution in [2.45, 2.75) is 20.3 Å². The molecule has 0 bridgehead atoms. The van der Waals surface area contributed by atoms with E-state index in [1.807, 2.05) is 6.07 Å². The molecule has 0 saturated heterocycles. The third-order valence-corrected chi connectivity index (χ3v) is 3.67. The van der Waals surface area contributed by atoms with Gasteiger partial charge in [0.15, 0.2) is 0 Å². The highest BCUT2D eigenvalue weighted by Crippen LogP contribution is 2.26. The van der Waals surface area contributed by atoms with Gasteiger partial charge in [0.2, 0.25) is 0 Å². The molecule has 0 aliphatic carbocycles. The Morgan fingerprint density at radius 2 is 2.06 bits per heavy atom. The lowest BCUT2D eigenvalue weighted by Gasteiger charge is -2.24. The van der Waals surface area contributed by atoms with Crippen LogP contribution in [0, 0.1) is 6.92 Å². The maximum absolute atomic E-state index is 4.60. The van der Waals surface area contributed by atoms with Crippen molar-refractivity contribution in [2.24, 2.45) is 0 Å². The predicted molar refractivity (Wildman–Crippen MR) is 82.8 cm³/mol. The summed E-state index contributed by atoms with van der Waals surface area (Å²) in [5.41, 5.74) is 3.48. The molecular formula is C15H19BrN2. The smallest absolute Gasteiger partial charge is 0.0726 e. The van der Waals surface area contributed by atoms with Crippen LogP contribution in [0.25, 0.3) is 10.9 Å². The second kappa shape index (κ2) is 6.19. The molecule has 1 heterocycles. The van der Waals surface area contributed by atoms with Crippen molar-refractivity contribution >= 4 is 32.5 Å². The van der Waals surface area contributed by atoms with Gasteiger partial charge in [0.1, 0.15) is 0 Å². The molecule has 0 amide bonds. The van der Waals surface area contributed by atoms with Gasteiger partial charge < -0.3 is 4.90 Å². The van der Waals surface area contributed by atoms with Gasteiger partial charge in [-0.25, -0.2) is 0 Å². The van der Waals surface area contributed by atoms with Gasteiger partial charge >= 0.3 is 0 Å². The normalized spacial score (nSPS) is 10.8.